The van der Waals surface area contributed by atoms with Gasteiger partial charge in [0.2, 0.25) is 5.91 Å². The largest absolute Gasteiger partial charge is 0.508 e. The Balaban J connectivity index is 2.71. The molecule has 0 aromatic heterocycles. The van der Waals surface area contributed by atoms with E-state index in [1.165, 1.54) is 0 Å². The van der Waals surface area contributed by atoms with Crippen molar-refractivity contribution in [3.63, 3.8) is 0 Å². The van der Waals surface area contributed by atoms with Gasteiger partial charge in [-0.2, -0.15) is 0 Å². The monoisotopic (exact) mass is 363 g/mol. The third-order valence-electron chi connectivity index (χ3n) is 4.19. The molecule has 0 spiro atoms. The van der Waals surface area contributed by atoms with Gasteiger partial charge in [-0.25, -0.2) is 0 Å². The van der Waals surface area contributed by atoms with Crippen LogP contribution in [0.1, 0.15) is 24.8 Å². The molecule has 26 heavy (non-hydrogen) atoms. The van der Waals surface area contributed by atoms with Crippen LogP contribution in [0.15, 0.2) is 29.3 Å². The second-order valence-corrected chi connectivity index (χ2v) is 6.57. The van der Waals surface area contributed by atoms with Crippen LogP contribution in [0.4, 0.5) is 0 Å². The Bertz CT molecular complexity index is 624. The van der Waals surface area contributed by atoms with Gasteiger partial charge in [-0.05, 0) is 51.1 Å². The fraction of sp³-hybridized carbons (Fsp3) is 0.500. The Morgan fingerprint density at radius 1 is 1.15 bits per heavy atom. The number of hydrogen-bond donors (Lipinski definition) is 4. The van der Waals surface area contributed by atoms with Gasteiger partial charge in [0.15, 0.2) is 11.7 Å². The van der Waals surface area contributed by atoms with Crippen molar-refractivity contribution in [3.8, 4) is 5.75 Å². The summed E-state index contributed by atoms with van der Waals surface area (Å²) in [4.78, 5) is 30.2. The first-order chi connectivity index (χ1) is 12.2. The van der Waals surface area contributed by atoms with Crippen LogP contribution < -0.4 is 17.2 Å². The average Bonchev–Trinajstić information content (AvgIpc) is 2.55. The van der Waals surface area contributed by atoms with Crippen molar-refractivity contribution in [3.05, 3.63) is 29.8 Å². The molecule has 0 fully saturated rings. The van der Waals surface area contributed by atoms with Gasteiger partial charge in [0, 0.05) is 18.9 Å². The number of rotatable bonds is 11. The lowest BCUT2D eigenvalue weighted by atomic mass is 9.90. The van der Waals surface area contributed by atoms with Crippen LogP contribution in [0.5, 0.6) is 5.75 Å². The number of carbonyl (C=O) groups excluding carboxylic acids is 2. The third kappa shape index (κ3) is 7.52. The number of aliphatic imine (C=N–C) groups is 1. The molecule has 8 nitrogen and oxygen atoms in total. The number of aromatic hydroxyl groups is 1. The first-order valence-corrected chi connectivity index (χ1v) is 8.52. The molecule has 144 valence electrons. The summed E-state index contributed by atoms with van der Waals surface area (Å²) in [6.07, 6.45) is 1.68. The van der Waals surface area contributed by atoms with Gasteiger partial charge in [0.25, 0.3) is 0 Å². The average molecular weight is 363 g/mol. The van der Waals surface area contributed by atoms with Crippen LogP contribution in [0, 0.1) is 5.92 Å². The highest BCUT2D eigenvalue weighted by molar-refractivity contribution is 5.89. The molecular weight excluding hydrogens is 334 g/mol. The molecule has 1 amide bonds. The zero-order valence-corrected chi connectivity index (χ0v) is 15.4. The standard InChI is InChI=1S/C18H29N5O3/c1-23(2)15(4-3-9-22-18(20)21)16(25)11-13(17(19)26)10-12-5-7-14(24)8-6-12/h5-8,13,15,24H,3-4,9-11H2,1-2H3,(H2,19,26)(H4,20,21,22)/t13-,15+/m1/s1. The normalized spacial score (nSPS) is 13.2. The summed E-state index contributed by atoms with van der Waals surface area (Å²) < 4.78 is 0. The first-order valence-electron chi connectivity index (χ1n) is 8.52. The van der Waals surface area contributed by atoms with E-state index in [-0.39, 0.29) is 30.0 Å². The number of benzene rings is 1. The molecule has 0 saturated heterocycles. The van der Waals surface area contributed by atoms with E-state index in [4.69, 9.17) is 17.2 Å². The van der Waals surface area contributed by atoms with E-state index < -0.39 is 11.8 Å². The number of guanidine groups is 1. The summed E-state index contributed by atoms with van der Waals surface area (Å²) in [6, 6.07) is 6.19. The van der Waals surface area contributed by atoms with Crippen molar-refractivity contribution in [2.75, 3.05) is 20.6 Å². The van der Waals surface area contributed by atoms with Crippen molar-refractivity contribution in [1.29, 1.82) is 0 Å². The van der Waals surface area contributed by atoms with Gasteiger partial charge in [0.1, 0.15) is 5.75 Å². The quantitative estimate of drug-likeness (QED) is 0.247. The molecular formula is C18H29N5O3. The van der Waals surface area contributed by atoms with Crippen LogP contribution in [0.3, 0.4) is 0 Å². The molecule has 0 radical (unpaired) electrons. The van der Waals surface area contributed by atoms with Crippen molar-refractivity contribution < 1.29 is 14.7 Å². The zero-order valence-electron chi connectivity index (χ0n) is 15.4. The minimum absolute atomic E-state index is 0.0282. The predicted octanol–water partition coefficient (Wildman–Crippen LogP) is -0.0208. The Morgan fingerprint density at radius 2 is 1.77 bits per heavy atom. The van der Waals surface area contributed by atoms with E-state index in [0.717, 1.165) is 5.56 Å². The van der Waals surface area contributed by atoms with Gasteiger partial charge in [-0.1, -0.05) is 12.1 Å². The van der Waals surface area contributed by atoms with Crippen LogP contribution >= 0.6 is 0 Å². The number of primary amides is 1. The van der Waals surface area contributed by atoms with Crippen LogP contribution in [-0.2, 0) is 16.0 Å². The molecule has 0 heterocycles. The third-order valence-corrected chi connectivity index (χ3v) is 4.19. The number of Topliss-reactive ketones (excluding diaryl/α,β-unsaturated/α-hetero) is 1. The van der Waals surface area contributed by atoms with Gasteiger partial charge in [-0.3, -0.25) is 19.5 Å². The van der Waals surface area contributed by atoms with Gasteiger partial charge >= 0.3 is 0 Å². The van der Waals surface area contributed by atoms with E-state index in [0.29, 0.717) is 25.8 Å². The van der Waals surface area contributed by atoms with E-state index in [1.54, 1.807) is 24.3 Å². The van der Waals surface area contributed by atoms with Crippen molar-refractivity contribution >= 4 is 17.6 Å². The van der Waals surface area contributed by atoms with Crippen LogP contribution in [-0.4, -0.2) is 54.3 Å². The van der Waals surface area contributed by atoms with Crippen molar-refractivity contribution in [2.45, 2.75) is 31.7 Å². The number of nitrogens with zero attached hydrogens (tertiary/aromatic N) is 2. The van der Waals surface area contributed by atoms with Crippen molar-refractivity contribution in [2.24, 2.45) is 28.1 Å². The van der Waals surface area contributed by atoms with E-state index in [1.807, 2.05) is 19.0 Å². The highest BCUT2D eigenvalue weighted by Crippen LogP contribution is 2.18. The topological polar surface area (TPSA) is 148 Å². The maximum absolute atomic E-state index is 12.7. The van der Waals surface area contributed by atoms with Gasteiger partial charge in [-0.15, -0.1) is 0 Å². The summed E-state index contributed by atoms with van der Waals surface area (Å²) in [5.74, 6) is -0.965. The lowest BCUT2D eigenvalue weighted by Crippen LogP contribution is -2.39. The molecule has 0 saturated carbocycles. The molecule has 0 aliphatic carbocycles. The SMILES string of the molecule is CN(C)[C@@H](CCCN=C(N)N)C(=O)C[C@@H](Cc1ccc(O)cc1)C(N)=O. The number of phenols is 1. The van der Waals surface area contributed by atoms with Gasteiger partial charge < -0.3 is 22.3 Å². The maximum atomic E-state index is 12.7. The summed E-state index contributed by atoms with van der Waals surface area (Å²) in [5.41, 5.74) is 16.9. The fourth-order valence-electron chi connectivity index (χ4n) is 2.77. The molecule has 8 heteroatoms. The number of hydrogen-bond acceptors (Lipinski definition) is 5. The number of carbonyl (C=O) groups is 2. The Labute approximate surface area is 154 Å². The number of amides is 1. The first kappa shape index (κ1) is 21.4. The number of likely N-dealkylation sites (N-methyl/N-ethyl adjacent to an activating group) is 1. The second-order valence-electron chi connectivity index (χ2n) is 6.57. The van der Waals surface area contributed by atoms with Gasteiger partial charge in [0.05, 0.1) is 6.04 Å². The lowest BCUT2D eigenvalue weighted by Gasteiger charge is -2.24. The summed E-state index contributed by atoms with van der Waals surface area (Å²) >= 11 is 0. The molecule has 1 aromatic carbocycles. The molecule has 1 aromatic rings. The summed E-state index contributed by atoms with van der Waals surface area (Å²) in [6.45, 7) is 0.451. The minimum Gasteiger partial charge on any atom is -0.508 e. The number of nitrogens with two attached hydrogens (primary N) is 3. The lowest BCUT2D eigenvalue weighted by molar-refractivity contribution is -0.129. The Morgan fingerprint density at radius 3 is 2.27 bits per heavy atom. The predicted molar refractivity (Wildman–Crippen MR) is 102 cm³/mol. The second kappa shape index (κ2) is 10.4. The zero-order chi connectivity index (χ0) is 19.7. The molecule has 7 N–H and O–H groups in total. The minimum atomic E-state index is -0.591. The smallest absolute Gasteiger partial charge is 0.221 e. The summed E-state index contributed by atoms with van der Waals surface area (Å²) in [7, 11) is 3.64. The van der Waals surface area contributed by atoms with E-state index in [9.17, 15) is 14.7 Å². The molecule has 0 bridgehead atoms. The number of phenolic OH excluding ortho intramolecular Hbond substituents is 1. The molecule has 0 aliphatic rings. The fourth-order valence-corrected chi connectivity index (χ4v) is 2.77. The molecule has 2 atom stereocenters. The molecule has 0 aliphatic heterocycles. The van der Waals surface area contributed by atoms with Crippen LogP contribution in [0.2, 0.25) is 0 Å². The summed E-state index contributed by atoms with van der Waals surface area (Å²) in [5, 5.41) is 9.34. The maximum Gasteiger partial charge on any atom is 0.221 e. The highest BCUT2D eigenvalue weighted by atomic mass is 16.3. The van der Waals surface area contributed by atoms with E-state index >= 15 is 0 Å². The molecule has 0 unspecified atom stereocenters. The van der Waals surface area contributed by atoms with E-state index in [2.05, 4.69) is 4.99 Å². The molecule has 1 rings (SSSR count). The highest BCUT2D eigenvalue weighted by Gasteiger charge is 2.26. The van der Waals surface area contributed by atoms with Crippen LogP contribution in [0.25, 0.3) is 0 Å². The van der Waals surface area contributed by atoms with Crippen molar-refractivity contribution in [1.82, 2.24) is 4.90 Å². The Hall–Kier alpha value is -2.61. The Kier molecular flexibility index (Phi) is 8.57. The number of ketones is 1.